The van der Waals surface area contributed by atoms with Crippen molar-refractivity contribution in [1.29, 1.82) is 0 Å². The van der Waals surface area contributed by atoms with Crippen molar-refractivity contribution in [2.75, 3.05) is 6.61 Å². The third-order valence-corrected chi connectivity index (χ3v) is 2.81. The van der Waals surface area contributed by atoms with Gasteiger partial charge in [0, 0.05) is 0 Å². The molecular formula is C15H24F2O. The van der Waals surface area contributed by atoms with Crippen molar-refractivity contribution in [1.82, 2.24) is 0 Å². The van der Waals surface area contributed by atoms with E-state index in [4.69, 9.17) is 4.74 Å². The fourth-order valence-corrected chi connectivity index (χ4v) is 1.47. The zero-order valence-corrected chi connectivity index (χ0v) is 11.9. The summed E-state index contributed by atoms with van der Waals surface area (Å²) < 4.78 is 32.3. The van der Waals surface area contributed by atoms with Crippen molar-refractivity contribution < 1.29 is 13.5 Å². The van der Waals surface area contributed by atoms with Gasteiger partial charge < -0.3 is 4.74 Å². The van der Waals surface area contributed by atoms with Gasteiger partial charge in [-0.2, -0.15) is 4.39 Å². The van der Waals surface area contributed by atoms with Crippen LogP contribution in [0.4, 0.5) is 8.78 Å². The molecule has 18 heavy (non-hydrogen) atoms. The van der Waals surface area contributed by atoms with E-state index in [0.29, 0.717) is 5.92 Å². The summed E-state index contributed by atoms with van der Waals surface area (Å²) in [7, 11) is 0. The maximum Gasteiger partial charge on any atom is 0.200 e. The molecule has 0 N–H and O–H groups in total. The summed E-state index contributed by atoms with van der Waals surface area (Å²) in [5.74, 6) is -1.81. The summed E-state index contributed by atoms with van der Waals surface area (Å²) in [5, 5.41) is 0. The summed E-state index contributed by atoms with van der Waals surface area (Å²) in [6.45, 7) is 15.0. The number of hydrogen-bond donors (Lipinski definition) is 0. The van der Waals surface area contributed by atoms with Crippen molar-refractivity contribution in [2.24, 2.45) is 11.8 Å². The van der Waals surface area contributed by atoms with Crippen LogP contribution in [0.25, 0.3) is 0 Å². The van der Waals surface area contributed by atoms with Crippen molar-refractivity contribution in [3.63, 3.8) is 0 Å². The quantitative estimate of drug-likeness (QED) is 0.423. The molecule has 0 aromatic carbocycles. The standard InChI is InChI=1S/C15H24F2O/c1-7-18-13(6)15(17)14(16)12(5)11(4)9-8-10(2)3/h10-11H,5-9H2,1-4H3/b15-14-. The second kappa shape index (κ2) is 8.06. The van der Waals surface area contributed by atoms with E-state index < -0.39 is 11.7 Å². The smallest absolute Gasteiger partial charge is 0.200 e. The van der Waals surface area contributed by atoms with Crippen LogP contribution in [0.2, 0.25) is 0 Å². The minimum atomic E-state index is -1.04. The molecule has 1 nitrogen and oxygen atoms in total. The van der Waals surface area contributed by atoms with Crippen LogP contribution in [0, 0.1) is 11.8 Å². The lowest BCUT2D eigenvalue weighted by atomic mass is 9.92. The third-order valence-electron chi connectivity index (χ3n) is 2.81. The van der Waals surface area contributed by atoms with Crippen LogP contribution in [-0.2, 0) is 4.74 Å². The van der Waals surface area contributed by atoms with E-state index >= 15 is 0 Å². The summed E-state index contributed by atoms with van der Waals surface area (Å²) in [5.41, 5.74) is 0.175. The van der Waals surface area contributed by atoms with Gasteiger partial charge in [0.1, 0.15) is 0 Å². The number of allylic oxidation sites excluding steroid dienone is 3. The molecule has 0 aliphatic carbocycles. The molecule has 1 unspecified atom stereocenters. The van der Waals surface area contributed by atoms with Gasteiger partial charge in [0.25, 0.3) is 0 Å². The topological polar surface area (TPSA) is 9.23 Å². The van der Waals surface area contributed by atoms with Gasteiger partial charge in [-0.05, 0) is 30.8 Å². The lowest BCUT2D eigenvalue weighted by Gasteiger charge is -2.15. The van der Waals surface area contributed by atoms with E-state index in [9.17, 15) is 8.78 Å². The molecule has 0 aliphatic rings. The first-order valence-electron chi connectivity index (χ1n) is 6.37. The van der Waals surface area contributed by atoms with Crippen LogP contribution in [0.3, 0.4) is 0 Å². The molecule has 0 fully saturated rings. The lowest BCUT2D eigenvalue weighted by molar-refractivity contribution is 0.223. The highest BCUT2D eigenvalue weighted by molar-refractivity contribution is 5.33. The number of rotatable bonds is 8. The van der Waals surface area contributed by atoms with Crippen LogP contribution in [-0.4, -0.2) is 6.61 Å². The zero-order chi connectivity index (χ0) is 14.3. The van der Waals surface area contributed by atoms with Crippen LogP contribution in [0.5, 0.6) is 0 Å². The Hall–Kier alpha value is -1.12. The summed E-state index contributed by atoms with van der Waals surface area (Å²) >= 11 is 0. The second-order valence-corrected chi connectivity index (χ2v) is 4.88. The molecule has 0 heterocycles. The van der Waals surface area contributed by atoms with Gasteiger partial charge in [0.05, 0.1) is 6.61 Å². The van der Waals surface area contributed by atoms with E-state index in [-0.39, 0.29) is 23.9 Å². The van der Waals surface area contributed by atoms with Crippen molar-refractivity contribution in [2.45, 2.75) is 40.5 Å². The molecule has 0 saturated carbocycles. The van der Waals surface area contributed by atoms with E-state index in [1.807, 2.05) is 6.92 Å². The van der Waals surface area contributed by atoms with Crippen LogP contribution in [0.15, 0.2) is 36.1 Å². The van der Waals surface area contributed by atoms with Crippen LogP contribution >= 0.6 is 0 Å². The minimum Gasteiger partial charge on any atom is -0.491 e. The lowest BCUT2D eigenvalue weighted by Crippen LogP contribution is -2.03. The molecule has 0 saturated heterocycles. The molecule has 0 aromatic rings. The second-order valence-electron chi connectivity index (χ2n) is 4.88. The SMILES string of the molecule is C=C(OCC)/C(F)=C(/F)C(=C)C(C)CCC(C)C. The number of halogens is 2. The Morgan fingerprint density at radius 3 is 2.06 bits per heavy atom. The van der Waals surface area contributed by atoms with Crippen LogP contribution < -0.4 is 0 Å². The van der Waals surface area contributed by atoms with Gasteiger partial charge >= 0.3 is 0 Å². The Morgan fingerprint density at radius 2 is 1.61 bits per heavy atom. The highest BCUT2D eigenvalue weighted by atomic mass is 19.2. The zero-order valence-electron chi connectivity index (χ0n) is 11.9. The number of ether oxygens (including phenoxy) is 1. The van der Waals surface area contributed by atoms with Gasteiger partial charge in [-0.15, -0.1) is 0 Å². The third kappa shape index (κ3) is 5.48. The monoisotopic (exact) mass is 258 g/mol. The first kappa shape index (κ1) is 16.9. The Bertz CT molecular complexity index is 329. The molecule has 0 aromatic heterocycles. The first-order chi connectivity index (χ1) is 8.31. The van der Waals surface area contributed by atoms with Gasteiger partial charge in [-0.25, -0.2) is 4.39 Å². The predicted octanol–water partition coefficient (Wildman–Crippen LogP) is 5.32. The molecule has 0 bridgehead atoms. The van der Waals surface area contributed by atoms with E-state index in [2.05, 4.69) is 27.0 Å². The molecule has 104 valence electrons. The Balaban J connectivity index is 4.65. The molecule has 0 rings (SSSR count). The maximum atomic E-state index is 13.8. The van der Waals surface area contributed by atoms with Gasteiger partial charge in [0.15, 0.2) is 17.4 Å². The average Bonchev–Trinajstić information content (AvgIpc) is 2.33. The van der Waals surface area contributed by atoms with Crippen molar-refractivity contribution in [3.05, 3.63) is 36.1 Å². The average molecular weight is 258 g/mol. The summed E-state index contributed by atoms with van der Waals surface area (Å²) in [6.07, 6.45) is 1.75. The van der Waals surface area contributed by atoms with Gasteiger partial charge in [0.2, 0.25) is 0 Å². The van der Waals surface area contributed by atoms with E-state index in [0.717, 1.165) is 12.8 Å². The molecule has 0 radical (unpaired) electrons. The highest BCUT2D eigenvalue weighted by Crippen LogP contribution is 2.29. The van der Waals surface area contributed by atoms with E-state index in [1.165, 1.54) is 0 Å². The van der Waals surface area contributed by atoms with E-state index in [1.54, 1.807) is 6.92 Å². The van der Waals surface area contributed by atoms with Gasteiger partial charge in [-0.3, -0.25) is 0 Å². The van der Waals surface area contributed by atoms with Crippen molar-refractivity contribution in [3.8, 4) is 0 Å². The minimum absolute atomic E-state index is 0.0902. The largest absolute Gasteiger partial charge is 0.491 e. The Labute approximate surface area is 109 Å². The highest BCUT2D eigenvalue weighted by Gasteiger charge is 2.18. The predicted molar refractivity (Wildman–Crippen MR) is 72.4 cm³/mol. The maximum absolute atomic E-state index is 13.8. The molecular weight excluding hydrogens is 234 g/mol. The molecule has 0 aliphatic heterocycles. The molecule has 0 spiro atoms. The summed E-state index contributed by atoms with van der Waals surface area (Å²) in [4.78, 5) is 0. The molecule has 0 amide bonds. The normalized spacial score (nSPS) is 14.2. The number of hydrogen-bond acceptors (Lipinski definition) is 1. The fourth-order valence-electron chi connectivity index (χ4n) is 1.47. The molecule has 1 atom stereocenters. The molecule has 3 heteroatoms. The fraction of sp³-hybridized carbons (Fsp3) is 0.600. The summed E-state index contributed by atoms with van der Waals surface area (Å²) in [6, 6.07) is 0. The van der Waals surface area contributed by atoms with Crippen LogP contribution in [0.1, 0.15) is 40.5 Å². The van der Waals surface area contributed by atoms with Crippen molar-refractivity contribution >= 4 is 0 Å². The van der Waals surface area contributed by atoms with Gasteiger partial charge in [-0.1, -0.05) is 40.3 Å². The Kier molecular flexibility index (Phi) is 7.56. The Morgan fingerprint density at radius 1 is 1.06 bits per heavy atom. The first-order valence-corrected chi connectivity index (χ1v) is 6.37.